The summed E-state index contributed by atoms with van der Waals surface area (Å²) in [6, 6.07) is 13.3. The van der Waals surface area contributed by atoms with E-state index in [2.05, 4.69) is 4.72 Å². The molecule has 0 aromatic heterocycles. The number of anilines is 1. The fourth-order valence-electron chi connectivity index (χ4n) is 1.80. The van der Waals surface area contributed by atoms with Crippen LogP contribution in [0.15, 0.2) is 48.5 Å². The van der Waals surface area contributed by atoms with E-state index in [4.69, 9.17) is 16.7 Å². The van der Waals surface area contributed by atoms with Gasteiger partial charge in [-0.3, -0.25) is 4.72 Å². The second-order valence-electron chi connectivity index (χ2n) is 4.35. The summed E-state index contributed by atoms with van der Waals surface area (Å²) in [5.74, 6) is -0.159. The topological polar surface area (TPSA) is 66.4 Å². The van der Waals surface area contributed by atoms with Crippen LogP contribution in [-0.2, 0) is 22.4 Å². The Morgan fingerprint density at radius 3 is 2.45 bits per heavy atom. The van der Waals surface area contributed by atoms with Crippen LogP contribution in [0.2, 0.25) is 5.02 Å². The van der Waals surface area contributed by atoms with E-state index in [0.717, 1.165) is 0 Å². The Morgan fingerprint density at radius 1 is 1.05 bits per heavy atom. The molecule has 0 fully saturated rings. The van der Waals surface area contributed by atoms with Crippen molar-refractivity contribution in [3.05, 3.63) is 64.7 Å². The third-order valence-corrected chi connectivity index (χ3v) is 4.12. The molecule has 20 heavy (non-hydrogen) atoms. The fraction of sp³-hybridized carbons (Fsp3) is 0.143. The van der Waals surface area contributed by atoms with Crippen molar-refractivity contribution in [1.29, 1.82) is 0 Å². The van der Waals surface area contributed by atoms with Gasteiger partial charge in [0.05, 0.1) is 12.4 Å². The number of nitrogens with one attached hydrogen (secondary N) is 1. The standard InChI is InChI=1S/C14H14ClNO3S/c15-13-5-2-6-14(8-13)16-20(18,19)10-12-4-1-3-11(7-12)9-17/h1-8,16-17H,9-10H2. The monoisotopic (exact) mass is 311 g/mol. The number of halogens is 1. The highest BCUT2D eigenvalue weighted by Gasteiger charge is 2.12. The number of aliphatic hydroxyl groups is 1. The smallest absolute Gasteiger partial charge is 0.236 e. The predicted molar refractivity (Wildman–Crippen MR) is 80.1 cm³/mol. The molecular weight excluding hydrogens is 298 g/mol. The maximum absolute atomic E-state index is 12.1. The Balaban J connectivity index is 2.14. The molecule has 0 spiro atoms. The highest BCUT2D eigenvalue weighted by Crippen LogP contribution is 2.18. The van der Waals surface area contributed by atoms with E-state index in [9.17, 15) is 8.42 Å². The maximum atomic E-state index is 12.1. The predicted octanol–water partition coefficient (Wildman–Crippen LogP) is 2.77. The molecule has 4 nitrogen and oxygen atoms in total. The summed E-state index contributed by atoms with van der Waals surface area (Å²) in [6.07, 6.45) is 0. The zero-order valence-electron chi connectivity index (χ0n) is 10.6. The van der Waals surface area contributed by atoms with Gasteiger partial charge in [-0.1, -0.05) is 41.9 Å². The molecule has 0 heterocycles. The van der Waals surface area contributed by atoms with Gasteiger partial charge in [-0.05, 0) is 29.3 Å². The number of rotatable bonds is 5. The average molecular weight is 312 g/mol. The number of sulfonamides is 1. The normalized spacial score (nSPS) is 11.3. The van der Waals surface area contributed by atoms with E-state index >= 15 is 0 Å². The van der Waals surface area contributed by atoms with E-state index in [1.54, 1.807) is 48.5 Å². The zero-order valence-corrected chi connectivity index (χ0v) is 12.2. The minimum absolute atomic E-state index is 0.115. The van der Waals surface area contributed by atoms with Crippen LogP contribution in [0.3, 0.4) is 0 Å². The number of aliphatic hydroxyl groups excluding tert-OH is 1. The Bertz CT molecular complexity index is 701. The van der Waals surface area contributed by atoms with Crippen LogP contribution in [0.4, 0.5) is 5.69 Å². The van der Waals surface area contributed by atoms with Gasteiger partial charge in [0, 0.05) is 10.7 Å². The third-order valence-electron chi connectivity index (χ3n) is 2.63. The average Bonchev–Trinajstić information content (AvgIpc) is 2.37. The lowest BCUT2D eigenvalue weighted by Gasteiger charge is -2.09. The van der Waals surface area contributed by atoms with Crippen LogP contribution in [0, 0.1) is 0 Å². The van der Waals surface area contributed by atoms with Gasteiger partial charge in [0.25, 0.3) is 0 Å². The Morgan fingerprint density at radius 2 is 1.75 bits per heavy atom. The highest BCUT2D eigenvalue weighted by molar-refractivity contribution is 7.91. The molecule has 0 saturated heterocycles. The van der Waals surface area contributed by atoms with Crippen molar-refractivity contribution in [2.24, 2.45) is 0 Å². The first-order valence-corrected chi connectivity index (χ1v) is 7.96. The molecule has 0 aliphatic heterocycles. The first-order chi connectivity index (χ1) is 9.48. The van der Waals surface area contributed by atoms with Crippen molar-refractivity contribution >= 4 is 27.3 Å². The Hall–Kier alpha value is -1.56. The first kappa shape index (κ1) is 14.8. The number of benzene rings is 2. The summed E-state index contributed by atoms with van der Waals surface area (Å²) in [6.45, 7) is -0.115. The minimum atomic E-state index is -3.52. The van der Waals surface area contributed by atoms with Gasteiger partial charge in [0.15, 0.2) is 0 Å². The van der Waals surface area contributed by atoms with E-state index in [1.165, 1.54) is 0 Å². The largest absolute Gasteiger partial charge is 0.392 e. The molecule has 0 unspecified atom stereocenters. The maximum Gasteiger partial charge on any atom is 0.236 e. The molecule has 0 amide bonds. The van der Waals surface area contributed by atoms with Gasteiger partial charge in [-0.25, -0.2) is 8.42 Å². The summed E-state index contributed by atoms with van der Waals surface area (Å²) in [5.41, 5.74) is 1.72. The van der Waals surface area contributed by atoms with Crippen LogP contribution >= 0.6 is 11.6 Å². The lowest BCUT2D eigenvalue weighted by molar-refractivity contribution is 0.282. The molecule has 2 rings (SSSR count). The summed E-state index contributed by atoms with van der Waals surface area (Å²) >= 11 is 5.81. The van der Waals surface area contributed by atoms with Gasteiger partial charge >= 0.3 is 0 Å². The van der Waals surface area contributed by atoms with Crippen molar-refractivity contribution in [1.82, 2.24) is 0 Å². The lowest BCUT2D eigenvalue weighted by atomic mass is 10.1. The van der Waals surface area contributed by atoms with Crippen molar-refractivity contribution in [2.75, 3.05) is 4.72 Å². The lowest BCUT2D eigenvalue weighted by Crippen LogP contribution is -2.15. The molecule has 6 heteroatoms. The summed E-state index contributed by atoms with van der Waals surface area (Å²) in [5, 5.41) is 9.51. The van der Waals surface area contributed by atoms with E-state index in [1.807, 2.05) is 0 Å². The van der Waals surface area contributed by atoms with Crippen LogP contribution in [0.5, 0.6) is 0 Å². The Labute approximate surface area is 123 Å². The molecule has 0 bridgehead atoms. The van der Waals surface area contributed by atoms with Crippen molar-refractivity contribution in [3.63, 3.8) is 0 Å². The zero-order chi connectivity index (χ0) is 14.6. The number of hydrogen-bond acceptors (Lipinski definition) is 3. The van der Waals surface area contributed by atoms with E-state index in [-0.39, 0.29) is 12.4 Å². The van der Waals surface area contributed by atoms with Gasteiger partial charge in [-0.15, -0.1) is 0 Å². The van der Waals surface area contributed by atoms with E-state index in [0.29, 0.717) is 21.8 Å². The highest BCUT2D eigenvalue weighted by atomic mass is 35.5. The molecule has 2 N–H and O–H groups in total. The third kappa shape index (κ3) is 4.23. The molecule has 0 saturated carbocycles. The molecule has 2 aromatic carbocycles. The first-order valence-electron chi connectivity index (χ1n) is 5.93. The van der Waals surface area contributed by atoms with Crippen LogP contribution in [0.25, 0.3) is 0 Å². The molecule has 0 aliphatic carbocycles. The molecule has 0 aliphatic rings. The molecule has 106 valence electrons. The molecule has 0 radical (unpaired) electrons. The molecular formula is C14H14ClNO3S. The van der Waals surface area contributed by atoms with Gasteiger partial charge in [0.2, 0.25) is 10.0 Å². The Kier molecular flexibility index (Phi) is 4.65. The van der Waals surface area contributed by atoms with Crippen LogP contribution in [-0.4, -0.2) is 13.5 Å². The van der Waals surface area contributed by atoms with Gasteiger partial charge in [-0.2, -0.15) is 0 Å². The van der Waals surface area contributed by atoms with Crippen LogP contribution < -0.4 is 4.72 Å². The van der Waals surface area contributed by atoms with Crippen molar-refractivity contribution in [3.8, 4) is 0 Å². The SMILES string of the molecule is O=S(=O)(Cc1cccc(CO)c1)Nc1cccc(Cl)c1. The molecule has 2 aromatic rings. The van der Waals surface area contributed by atoms with Crippen molar-refractivity contribution in [2.45, 2.75) is 12.4 Å². The van der Waals surface area contributed by atoms with Gasteiger partial charge in [0.1, 0.15) is 0 Å². The number of hydrogen-bond donors (Lipinski definition) is 2. The fourth-order valence-corrected chi connectivity index (χ4v) is 3.17. The summed E-state index contributed by atoms with van der Waals surface area (Å²) in [7, 11) is -3.52. The molecule has 0 atom stereocenters. The van der Waals surface area contributed by atoms with Crippen molar-refractivity contribution < 1.29 is 13.5 Å². The summed E-state index contributed by atoms with van der Waals surface area (Å²) in [4.78, 5) is 0. The summed E-state index contributed by atoms with van der Waals surface area (Å²) < 4.78 is 26.6. The second-order valence-corrected chi connectivity index (χ2v) is 6.51. The van der Waals surface area contributed by atoms with Crippen LogP contribution in [0.1, 0.15) is 11.1 Å². The quantitative estimate of drug-likeness (QED) is 0.892. The van der Waals surface area contributed by atoms with E-state index < -0.39 is 10.0 Å². The minimum Gasteiger partial charge on any atom is -0.392 e. The second kappa shape index (κ2) is 6.26. The van der Waals surface area contributed by atoms with Gasteiger partial charge < -0.3 is 5.11 Å².